The predicted molar refractivity (Wildman–Crippen MR) is 140 cm³/mol. The van der Waals surface area contributed by atoms with Crippen LogP contribution in [0.3, 0.4) is 0 Å². The van der Waals surface area contributed by atoms with Gasteiger partial charge in [0.05, 0.1) is 35.6 Å². The minimum atomic E-state index is 0.339. The van der Waals surface area contributed by atoms with Gasteiger partial charge < -0.3 is 24.4 Å². The number of halogens is 3. The predicted octanol–water partition coefficient (Wildman–Crippen LogP) is 7.07. The molecule has 3 aromatic rings. The van der Waals surface area contributed by atoms with Gasteiger partial charge in [-0.25, -0.2) is 0 Å². The fourth-order valence-corrected chi connectivity index (χ4v) is 4.59. The summed E-state index contributed by atoms with van der Waals surface area (Å²) in [6.45, 7) is 6.45. The van der Waals surface area contributed by atoms with Crippen molar-refractivity contribution >= 4 is 46.2 Å². The summed E-state index contributed by atoms with van der Waals surface area (Å²) in [5.74, 6) is 1.12. The molecule has 0 aromatic heterocycles. The highest BCUT2D eigenvalue weighted by Crippen LogP contribution is 2.38. The van der Waals surface area contributed by atoms with Crippen molar-refractivity contribution in [3.8, 4) is 11.5 Å². The Bertz CT molecular complexity index is 1120. The molecule has 1 fully saturated rings. The second-order valence-electron chi connectivity index (χ2n) is 7.88. The van der Waals surface area contributed by atoms with Gasteiger partial charge >= 0.3 is 0 Å². The van der Waals surface area contributed by atoms with Crippen LogP contribution >= 0.6 is 34.8 Å². The number of morpholine rings is 1. The highest BCUT2D eigenvalue weighted by molar-refractivity contribution is 6.33. The summed E-state index contributed by atoms with van der Waals surface area (Å²) < 4.78 is 17.3. The van der Waals surface area contributed by atoms with Gasteiger partial charge in [-0.15, -0.1) is 0 Å². The Kier molecular flexibility index (Phi) is 8.68. The third-order valence-corrected chi connectivity index (χ3v) is 6.26. The Balaban J connectivity index is 1.44. The average Bonchev–Trinajstić information content (AvgIpc) is 2.83. The summed E-state index contributed by atoms with van der Waals surface area (Å²) in [6.07, 6.45) is 0. The highest BCUT2D eigenvalue weighted by Gasteiger charge is 2.16. The second-order valence-corrected chi connectivity index (χ2v) is 9.13. The summed E-state index contributed by atoms with van der Waals surface area (Å²) in [5, 5.41) is 5.28. The van der Waals surface area contributed by atoms with Crippen molar-refractivity contribution < 1.29 is 14.2 Å². The average molecular weight is 522 g/mol. The lowest BCUT2D eigenvalue weighted by Crippen LogP contribution is -2.36. The third-order valence-electron chi connectivity index (χ3n) is 5.44. The number of rotatable bonds is 9. The lowest BCUT2D eigenvalue weighted by atomic mass is 10.1. The molecule has 0 saturated carbocycles. The molecule has 1 aliphatic rings. The largest absolute Gasteiger partial charge is 0.490 e. The van der Waals surface area contributed by atoms with E-state index < -0.39 is 0 Å². The number of anilines is 2. The monoisotopic (exact) mass is 520 g/mol. The van der Waals surface area contributed by atoms with Crippen LogP contribution in [0, 0.1) is 0 Å². The highest BCUT2D eigenvalue weighted by atomic mass is 35.5. The van der Waals surface area contributed by atoms with Gasteiger partial charge in [0, 0.05) is 30.3 Å². The number of nitrogens with one attached hydrogen (secondary N) is 1. The van der Waals surface area contributed by atoms with Crippen LogP contribution in [-0.4, -0.2) is 32.9 Å². The van der Waals surface area contributed by atoms with Crippen LogP contribution in [0.2, 0.25) is 15.1 Å². The Morgan fingerprint density at radius 2 is 1.74 bits per heavy atom. The first-order valence-corrected chi connectivity index (χ1v) is 12.4. The topological polar surface area (TPSA) is 43.0 Å². The molecule has 1 heterocycles. The van der Waals surface area contributed by atoms with Crippen molar-refractivity contribution in [3.05, 3.63) is 80.8 Å². The van der Waals surface area contributed by atoms with Crippen LogP contribution in [0.15, 0.2) is 54.6 Å². The first kappa shape index (κ1) is 24.8. The van der Waals surface area contributed by atoms with Crippen molar-refractivity contribution in [2.45, 2.75) is 20.1 Å². The lowest BCUT2D eigenvalue weighted by Gasteiger charge is -2.29. The zero-order chi connectivity index (χ0) is 23.9. The van der Waals surface area contributed by atoms with E-state index in [4.69, 9.17) is 49.0 Å². The molecular formula is C26H27Cl3N2O3. The van der Waals surface area contributed by atoms with Crippen molar-refractivity contribution in [2.75, 3.05) is 43.1 Å². The molecule has 1 saturated heterocycles. The Hall–Kier alpha value is -2.31. The maximum atomic E-state index is 6.59. The standard InChI is InChI=1S/C26H27Cl3N2O3/c1-2-33-25-14-19(13-23(29)26(25)34-17-18-4-3-5-20(27)12-18)16-30-21-6-7-24(22(28)15-21)31-8-10-32-11-9-31/h3-7,12-15,30H,2,8-11,16-17H2,1H3. The van der Waals surface area contributed by atoms with E-state index >= 15 is 0 Å². The van der Waals surface area contributed by atoms with Crippen LogP contribution < -0.4 is 19.7 Å². The minimum Gasteiger partial charge on any atom is -0.490 e. The van der Waals surface area contributed by atoms with Gasteiger partial charge in [0.1, 0.15) is 6.61 Å². The summed E-state index contributed by atoms with van der Waals surface area (Å²) in [6, 6.07) is 17.4. The van der Waals surface area contributed by atoms with Crippen molar-refractivity contribution in [1.29, 1.82) is 0 Å². The molecule has 3 aromatic carbocycles. The molecule has 0 aliphatic carbocycles. The SMILES string of the molecule is CCOc1cc(CNc2ccc(N3CCOCC3)c(Cl)c2)cc(Cl)c1OCc1cccc(Cl)c1. The van der Waals surface area contributed by atoms with E-state index in [9.17, 15) is 0 Å². The molecule has 0 spiro atoms. The quantitative estimate of drug-likeness (QED) is 0.326. The molecule has 0 radical (unpaired) electrons. The van der Waals surface area contributed by atoms with Gasteiger partial charge in [-0.2, -0.15) is 0 Å². The minimum absolute atomic E-state index is 0.339. The van der Waals surface area contributed by atoms with Crippen molar-refractivity contribution in [3.63, 3.8) is 0 Å². The van der Waals surface area contributed by atoms with Gasteiger partial charge in [0.2, 0.25) is 0 Å². The molecule has 0 amide bonds. The smallest absolute Gasteiger partial charge is 0.180 e. The molecule has 180 valence electrons. The Morgan fingerprint density at radius 1 is 0.912 bits per heavy atom. The molecule has 4 rings (SSSR count). The molecule has 0 bridgehead atoms. The fraction of sp³-hybridized carbons (Fsp3) is 0.308. The van der Waals surface area contributed by atoms with Crippen molar-refractivity contribution in [1.82, 2.24) is 0 Å². The van der Waals surface area contributed by atoms with Gasteiger partial charge in [-0.1, -0.05) is 46.9 Å². The number of hydrogen-bond acceptors (Lipinski definition) is 5. The van der Waals surface area contributed by atoms with Crippen LogP contribution in [0.25, 0.3) is 0 Å². The molecule has 0 atom stereocenters. The van der Waals surface area contributed by atoms with Gasteiger partial charge in [-0.3, -0.25) is 0 Å². The van der Waals surface area contributed by atoms with E-state index in [1.807, 2.05) is 61.5 Å². The molecule has 1 aliphatic heterocycles. The Morgan fingerprint density at radius 3 is 2.47 bits per heavy atom. The summed E-state index contributed by atoms with van der Waals surface area (Å²) >= 11 is 19.2. The zero-order valence-electron chi connectivity index (χ0n) is 19.0. The van der Waals surface area contributed by atoms with Gasteiger partial charge in [0.25, 0.3) is 0 Å². The molecular weight excluding hydrogens is 495 g/mol. The normalized spacial score (nSPS) is 13.6. The molecule has 8 heteroatoms. The molecule has 34 heavy (non-hydrogen) atoms. The van der Waals surface area contributed by atoms with E-state index in [1.54, 1.807) is 0 Å². The fourth-order valence-electron chi connectivity index (χ4n) is 3.79. The van der Waals surface area contributed by atoms with Crippen LogP contribution in [0.1, 0.15) is 18.1 Å². The first-order chi connectivity index (χ1) is 16.5. The lowest BCUT2D eigenvalue weighted by molar-refractivity contribution is 0.122. The van der Waals surface area contributed by atoms with Crippen LogP contribution in [0.5, 0.6) is 11.5 Å². The maximum absolute atomic E-state index is 6.59. The number of ether oxygens (including phenoxy) is 3. The molecule has 0 unspecified atom stereocenters. The number of hydrogen-bond donors (Lipinski definition) is 1. The van der Waals surface area contributed by atoms with Gasteiger partial charge in [-0.05, 0) is 60.5 Å². The number of nitrogens with zero attached hydrogens (tertiary/aromatic N) is 1. The van der Waals surface area contributed by atoms with E-state index in [-0.39, 0.29) is 0 Å². The summed E-state index contributed by atoms with van der Waals surface area (Å²) in [4.78, 5) is 2.24. The third kappa shape index (κ3) is 6.42. The second kappa shape index (κ2) is 11.9. The van der Waals surface area contributed by atoms with E-state index in [0.717, 1.165) is 48.8 Å². The van der Waals surface area contributed by atoms with Crippen LogP contribution in [0.4, 0.5) is 11.4 Å². The molecule has 5 nitrogen and oxygen atoms in total. The van der Waals surface area contributed by atoms with Crippen molar-refractivity contribution in [2.24, 2.45) is 0 Å². The zero-order valence-corrected chi connectivity index (χ0v) is 21.2. The van der Waals surface area contributed by atoms with Crippen LogP contribution in [-0.2, 0) is 17.9 Å². The van der Waals surface area contributed by atoms with E-state index in [1.165, 1.54) is 0 Å². The molecule has 1 N–H and O–H groups in total. The first-order valence-electron chi connectivity index (χ1n) is 11.2. The number of benzene rings is 3. The van der Waals surface area contributed by atoms with E-state index in [0.29, 0.717) is 46.3 Å². The van der Waals surface area contributed by atoms with Gasteiger partial charge in [0.15, 0.2) is 11.5 Å². The summed E-state index contributed by atoms with van der Waals surface area (Å²) in [7, 11) is 0. The summed E-state index contributed by atoms with van der Waals surface area (Å²) in [5.41, 5.74) is 3.88. The maximum Gasteiger partial charge on any atom is 0.180 e. The van der Waals surface area contributed by atoms with E-state index in [2.05, 4.69) is 10.2 Å². The Labute approximate surface area is 215 Å².